The van der Waals surface area contributed by atoms with Crippen molar-refractivity contribution in [2.75, 3.05) is 26.2 Å². The molecular weight excluding hydrogens is 178 g/mol. The molecule has 2 aliphatic heterocycles. The van der Waals surface area contributed by atoms with Crippen LogP contribution in [-0.2, 0) is 0 Å². The predicted molar refractivity (Wildman–Crippen MR) is 53.0 cm³/mol. The van der Waals surface area contributed by atoms with Gasteiger partial charge in [0.1, 0.15) is 0 Å². The van der Waals surface area contributed by atoms with Crippen molar-refractivity contribution in [2.45, 2.75) is 18.9 Å². The molecule has 4 nitrogen and oxygen atoms in total. The molecule has 0 aromatic rings. The van der Waals surface area contributed by atoms with Crippen molar-refractivity contribution in [3.05, 3.63) is 0 Å². The van der Waals surface area contributed by atoms with Crippen LogP contribution in [0, 0.1) is 11.8 Å². The van der Waals surface area contributed by atoms with Gasteiger partial charge in [-0.2, -0.15) is 0 Å². The minimum Gasteiger partial charge on any atom is -0.335 e. The number of rotatable bonds is 1. The Hall–Kier alpha value is -0.770. The molecule has 0 aromatic carbocycles. The molecule has 14 heavy (non-hydrogen) atoms. The highest BCUT2D eigenvalue weighted by atomic mass is 16.2. The van der Waals surface area contributed by atoms with Crippen LogP contribution in [0.2, 0.25) is 0 Å². The smallest absolute Gasteiger partial charge is 0.317 e. The Labute approximate surface area is 84.0 Å². The van der Waals surface area contributed by atoms with Gasteiger partial charge in [0, 0.05) is 32.2 Å². The Kier molecular flexibility index (Phi) is 1.90. The fourth-order valence-corrected chi connectivity index (χ4v) is 2.51. The van der Waals surface area contributed by atoms with Crippen molar-refractivity contribution >= 4 is 6.03 Å². The summed E-state index contributed by atoms with van der Waals surface area (Å²) in [5.41, 5.74) is 0. The fourth-order valence-electron chi connectivity index (χ4n) is 2.51. The first-order chi connectivity index (χ1) is 6.83. The molecule has 1 saturated carbocycles. The second-order valence-electron chi connectivity index (χ2n) is 4.81. The number of amides is 2. The van der Waals surface area contributed by atoms with E-state index < -0.39 is 0 Å². The van der Waals surface area contributed by atoms with Crippen LogP contribution < -0.4 is 10.6 Å². The highest BCUT2D eigenvalue weighted by molar-refractivity contribution is 5.75. The number of fused-ring (bicyclic) bond motifs is 1. The maximum Gasteiger partial charge on any atom is 0.317 e. The normalized spacial score (nSPS) is 35.9. The molecule has 4 heteroatoms. The highest BCUT2D eigenvalue weighted by Gasteiger charge is 2.38. The molecule has 0 radical (unpaired) electrons. The lowest BCUT2D eigenvalue weighted by atomic mass is 10.0. The van der Waals surface area contributed by atoms with Crippen molar-refractivity contribution in [3.8, 4) is 0 Å². The quantitative estimate of drug-likeness (QED) is 0.619. The maximum atomic E-state index is 11.7. The van der Waals surface area contributed by atoms with E-state index in [1.807, 2.05) is 4.90 Å². The van der Waals surface area contributed by atoms with E-state index in [2.05, 4.69) is 10.6 Å². The monoisotopic (exact) mass is 195 g/mol. The zero-order valence-corrected chi connectivity index (χ0v) is 8.33. The van der Waals surface area contributed by atoms with Gasteiger partial charge in [0.05, 0.1) is 0 Å². The van der Waals surface area contributed by atoms with E-state index in [4.69, 9.17) is 0 Å². The van der Waals surface area contributed by atoms with E-state index in [9.17, 15) is 4.79 Å². The summed E-state index contributed by atoms with van der Waals surface area (Å²) in [6.07, 6.45) is 2.35. The number of hydrogen-bond donors (Lipinski definition) is 2. The van der Waals surface area contributed by atoms with Crippen LogP contribution in [0.3, 0.4) is 0 Å². The highest BCUT2D eigenvalue weighted by Crippen LogP contribution is 2.27. The van der Waals surface area contributed by atoms with Crippen LogP contribution in [-0.4, -0.2) is 43.2 Å². The molecule has 2 heterocycles. The first-order valence-corrected chi connectivity index (χ1v) is 5.59. The number of urea groups is 1. The number of nitrogens with zero attached hydrogens (tertiary/aromatic N) is 1. The third-order valence-electron chi connectivity index (χ3n) is 3.58. The molecule has 3 fully saturated rings. The summed E-state index contributed by atoms with van der Waals surface area (Å²) in [5.74, 6) is 1.42. The summed E-state index contributed by atoms with van der Waals surface area (Å²) < 4.78 is 0. The third-order valence-corrected chi connectivity index (χ3v) is 3.58. The standard InChI is InChI=1S/C10H17N3O/c14-10(12-9-1-2-9)13-5-7-3-11-4-8(7)6-13/h7-9,11H,1-6H2,(H,12,14)/t7-,8+. The largest absolute Gasteiger partial charge is 0.335 e. The zero-order chi connectivity index (χ0) is 9.54. The van der Waals surface area contributed by atoms with Gasteiger partial charge < -0.3 is 15.5 Å². The Bertz CT molecular complexity index is 240. The number of hydrogen-bond acceptors (Lipinski definition) is 2. The average molecular weight is 195 g/mol. The molecule has 0 aromatic heterocycles. The van der Waals surface area contributed by atoms with E-state index in [1.54, 1.807) is 0 Å². The van der Waals surface area contributed by atoms with Gasteiger partial charge in [-0.25, -0.2) is 4.79 Å². The molecule has 1 aliphatic carbocycles. The summed E-state index contributed by atoms with van der Waals surface area (Å²) in [5, 5.41) is 6.43. The number of carbonyl (C=O) groups is 1. The summed E-state index contributed by atoms with van der Waals surface area (Å²) >= 11 is 0. The molecule has 0 bridgehead atoms. The number of nitrogens with one attached hydrogen (secondary N) is 2. The second kappa shape index (κ2) is 3.12. The van der Waals surface area contributed by atoms with Gasteiger partial charge in [0.15, 0.2) is 0 Å². The van der Waals surface area contributed by atoms with Crippen molar-refractivity contribution < 1.29 is 4.79 Å². The van der Waals surface area contributed by atoms with Crippen molar-refractivity contribution in [2.24, 2.45) is 11.8 Å². The molecule has 2 saturated heterocycles. The Morgan fingerprint density at radius 1 is 1.21 bits per heavy atom. The summed E-state index contributed by atoms with van der Waals surface area (Å²) in [6, 6.07) is 0.656. The van der Waals surface area contributed by atoms with Crippen LogP contribution >= 0.6 is 0 Å². The van der Waals surface area contributed by atoms with Crippen molar-refractivity contribution in [3.63, 3.8) is 0 Å². The van der Waals surface area contributed by atoms with Gasteiger partial charge in [0.2, 0.25) is 0 Å². The number of carbonyl (C=O) groups excluding carboxylic acids is 1. The lowest BCUT2D eigenvalue weighted by Crippen LogP contribution is -2.40. The summed E-state index contributed by atoms with van der Waals surface area (Å²) in [6.45, 7) is 4.10. The van der Waals surface area contributed by atoms with Crippen LogP contribution in [0.15, 0.2) is 0 Å². The minimum absolute atomic E-state index is 0.168. The second-order valence-corrected chi connectivity index (χ2v) is 4.81. The minimum atomic E-state index is 0.168. The topological polar surface area (TPSA) is 44.4 Å². The van der Waals surface area contributed by atoms with Crippen LogP contribution in [0.25, 0.3) is 0 Å². The molecule has 2 amide bonds. The van der Waals surface area contributed by atoms with Gasteiger partial charge in [-0.15, -0.1) is 0 Å². The molecule has 2 atom stereocenters. The fraction of sp³-hybridized carbons (Fsp3) is 0.900. The first kappa shape index (κ1) is 8.53. The molecule has 0 spiro atoms. The van der Waals surface area contributed by atoms with Gasteiger partial charge in [-0.1, -0.05) is 0 Å². The van der Waals surface area contributed by atoms with Gasteiger partial charge in [0.25, 0.3) is 0 Å². The molecule has 78 valence electrons. The first-order valence-electron chi connectivity index (χ1n) is 5.59. The molecule has 3 aliphatic rings. The summed E-state index contributed by atoms with van der Waals surface area (Å²) in [4.78, 5) is 13.7. The van der Waals surface area contributed by atoms with Crippen molar-refractivity contribution in [1.29, 1.82) is 0 Å². The van der Waals surface area contributed by atoms with Gasteiger partial charge in [-0.3, -0.25) is 0 Å². The predicted octanol–water partition coefficient (Wildman–Crippen LogP) is 0.00960. The Morgan fingerprint density at radius 2 is 1.86 bits per heavy atom. The van der Waals surface area contributed by atoms with E-state index in [-0.39, 0.29) is 6.03 Å². The third kappa shape index (κ3) is 1.47. The van der Waals surface area contributed by atoms with Crippen molar-refractivity contribution in [1.82, 2.24) is 15.5 Å². The molecule has 2 N–H and O–H groups in total. The molecule has 3 rings (SSSR count). The van der Waals surface area contributed by atoms with E-state index in [0.717, 1.165) is 26.2 Å². The maximum absolute atomic E-state index is 11.7. The summed E-state index contributed by atoms with van der Waals surface area (Å²) in [7, 11) is 0. The lowest BCUT2D eigenvalue weighted by molar-refractivity contribution is 0.205. The van der Waals surface area contributed by atoms with E-state index in [1.165, 1.54) is 12.8 Å². The van der Waals surface area contributed by atoms with Crippen LogP contribution in [0.1, 0.15) is 12.8 Å². The van der Waals surface area contributed by atoms with Crippen LogP contribution in [0.5, 0.6) is 0 Å². The van der Waals surface area contributed by atoms with E-state index in [0.29, 0.717) is 17.9 Å². The molecular formula is C10H17N3O. The Balaban J connectivity index is 1.56. The van der Waals surface area contributed by atoms with Gasteiger partial charge in [-0.05, 0) is 24.7 Å². The number of likely N-dealkylation sites (tertiary alicyclic amines) is 1. The SMILES string of the molecule is O=C(NC1CC1)N1C[C@H]2CNC[C@H]2C1. The van der Waals surface area contributed by atoms with Crippen LogP contribution in [0.4, 0.5) is 4.79 Å². The lowest BCUT2D eigenvalue weighted by Gasteiger charge is -2.17. The van der Waals surface area contributed by atoms with E-state index >= 15 is 0 Å². The van der Waals surface area contributed by atoms with Gasteiger partial charge >= 0.3 is 6.03 Å². The molecule has 0 unspecified atom stereocenters. The average Bonchev–Trinajstić information content (AvgIpc) is 2.73. The Morgan fingerprint density at radius 3 is 2.43 bits per heavy atom. The zero-order valence-electron chi connectivity index (χ0n) is 8.33.